The minimum atomic E-state index is -0.369. The molecular formula is C19H21ClN2O2S. The van der Waals surface area contributed by atoms with Crippen LogP contribution in [0, 0.1) is 6.92 Å². The van der Waals surface area contributed by atoms with E-state index in [9.17, 15) is 9.59 Å². The predicted molar refractivity (Wildman–Crippen MR) is 101 cm³/mol. The van der Waals surface area contributed by atoms with E-state index in [-0.39, 0.29) is 17.9 Å². The Morgan fingerprint density at radius 2 is 2.20 bits per heavy atom. The molecule has 0 saturated carbocycles. The summed E-state index contributed by atoms with van der Waals surface area (Å²) in [5.74, 6) is -0.0598. The second kappa shape index (κ2) is 8.02. The van der Waals surface area contributed by atoms with Crippen molar-refractivity contribution in [3.05, 3.63) is 56.7 Å². The molecule has 1 aromatic carbocycles. The van der Waals surface area contributed by atoms with Crippen LogP contribution in [0.5, 0.6) is 0 Å². The van der Waals surface area contributed by atoms with Gasteiger partial charge in [0.1, 0.15) is 6.04 Å². The van der Waals surface area contributed by atoms with E-state index in [1.165, 1.54) is 0 Å². The summed E-state index contributed by atoms with van der Waals surface area (Å²) >= 11 is 7.60. The highest BCUT2D eigenvalue weighted by Gasteiger charge is 2.33. The topological polar surface area (TPSA) is 49.4 Å². The number of aryl methyl sites for hydroxylation is 1. The molecule has 2 heterocycles. The molecule has 1 aliphatic rings. The Morgan fingerprint density at radius 1 is 1.36 bits per heavy atom. The second-order valence-electron chi connectivity index (χ2n) is 6.29. The van der Waals surface area contributed by atoms with Crippen molar-refractivity contribution in [2.45, 2.75) is 38.8 Å². The number of likely N-dealkylation sites (tertiary alicyclic amines) is 1. The fourth-order valence-electron chi connectivity index (χ4n) is 3.13. The van der Waals surface area contributed by atoms with E-state index in [1.807, 2.05) is 42.6 Å². The lowest BCUT2D eigenvalue weighted by atomic mass is 10.1. The molecule has 0 bridgehead atoms. The van der Waals surface area contributed by atoms with Crippen molar-refractivity contribution in [3.63, 3.8) is 0 Å². The number of carbonyl (C=O) groups is 2. The molecule has 1 fully saturated rings. The largest absolute Gasteiger partial charge is 0.350 e. The summed E-state index contributed by atoms with van der Waals surface area (Å²) < 4.78 is 0. The number of hydrogen-bond donors (Lipinski definition) is 1. The number of benzene rings is 1. The van der Waals surface area contributed by atoms with Gasteiger partial charge in [0.2, 0.25) is 11.8 Å². The third-order valence-corrected chi connectivity index (χ3v) is 5.66. The summed E-state index contributed by atoms with van der Waals surface area (Å²) in [5, 5.41) is 5.58. The van der Waals surface area contributed by atoms with Gasteiger partial charge in [0.05, 0.1) is 6.42 Å². The van der Waals surface area contributed by atoms with E-state index >= 15 is 0 Å². The second-order valence-corrected chi connectivity index (χ2v) is 7.76. The van der Waals surface area contributed by atoms with Gasteiger partial charge in [-0.3, -0.25) is 9.59 Å². The summed E-state index contributed by atoms with van der Waals surface area (Å²) in [6, 6.07) is 9.17. The summed E-state index contributed by atoms with van der Waals surface area (Å²) in [5.41, 5.74) is 2.08. The molecule has 0 radical (unpaired) electrons. The number of amides is 2. The van der Waals surface area contributed by atoms with Gasteiger partial charge in [-0.05, 0) is 54.5 Å². The first-order valence-electron chi connectivity index (χ1n) is 8.39. The maximum absolute atomic E-state index is 12.6. The van der Waals surface area contributed by atoms with Crippen LogP contribution in [0.25, 0.3) is 0 Å². The van der Waals surface area contributed by atoms with E-state index in [0.717, 1.165) is 28.8 Å². The van der Waals surface area contributed by atoms with Crippen molar-refractivity contribution in [2.24, 2.45) is 0 Å². The first-order valence-corrected chi connectivity index (χ1v) is 9.65. The van der Waals surface area contributed by atoms with Crippen molar-refractivity contribution in [1.82, 2.24) is 10.2 Å². The predicted octanol–water partition coefficient (Wildman–Crippen LogP) is 3.56. The van der Waals surface area contributed by atoms with Gasteiger partial charge in [0.15, 0.2) is 0 Å². The van der Waals surface area contributed by atoms with E-state index in [2.05, 4.69) is 5.32 Å². The Hall–Kier alpha value is -1.85. The fourth-order valence-corrected chi connectivity index (χ4v) is 4.02. The van der Waals surface area contributed by atoms with Crippen LogP contribution in [0.15, 0.2) is 35.7 Å². The van der Waals surface area contributed by atoms with Crippen LogP contribution in [-0.2, 0) is 22.6 Å². The smallest absolute Gasteiger partial charge is 0.243 e. The van der Waals surface area contributed by atoms with Crippen molar-refractivity contribution >= 4 is 34.8 Å². The van der Waals surface area contributed by atoms with Gasteiger partial charge >= 0.3 is 0 Å². The molecule has 2 aromatic rings. The number of halogens is 1. The third kappa shape index (κ3) is 4.41. The molecule has 132 valence electrons. The van der Waals surface area contributed by atoms with Crippen LogP contribution >= 0.6 is 22.9 Å². The van der Waals surface area contributed by atoms with Gasteiger partial charge in [-0.1, -0.05) is 23.7 Å². The molecule has 2 amide bonds. The minimum absolute atomic E-state index is 0.0269. The minimum Gasteiger partial charge on any atom is -0.350 e. The van der Waals surface area contributed by atoms with Crippen molar-refractivity contribution in [1.29, 1.82) is 0 Å². The zero-order chi connectivity index (χ0) is 17.8. The highest BCUT2D eigenvalue weighted by Crippen LogP contribution is 2.21. The van der Waals surface area contributed by atoms with Crippen LogP contribution in [-0.4, -0.2) is 29.3 Å². The lowest BCUT2D eigenvalue weighted by molar-refractivity contribution is -0.138. The number of thiophene rings is 1. The van der Waals surface area contributed by atoms with Crippen molar-refractivity contribution in [2.75, 3.05) is 6.54 Å². The lowest BCUT2D eigenvalue weighted by Gasteiger charge is -2.24. The number of hydrogen-bond acceptors (Lipinski definition) is 3. The number of nitrogens with zero attached hydrogens (tertiary/aromatic N) is 1. The monoisotopic (exact) mass is 376 g/mol. The maximum atomic E-state index is 12.6. The van der Waals surface area contributed by atoms with Gasteiger partial charge in [-0.2, -0.15) is 0 Å². The molecule has 1 N–H and O–H groups in total. The highest BCUT2D eigenvalue weighted by atomic mass is 35.5. The Kier molecular flexibility index (Phi) is 5.76. The Morgan fingerprint density at radius 3 is 2.96 bits per heavy atom. The van der Waals surface area contributed by atoms with E-state index in [1.54, 1.807) is 16.2 Å². The molecule has 1 aromatic heterocycles. The molecule has 0 unspecified atom stereocenters. The molecular weight excluding hydrogens is 356 g/mol. The van der Waals surface area contributed by atoms with Crippen LogP contribution in [0.4, 0.5) is 0 Å². The van der Waals surface area contributed by atoms with Crippen LogP contribution < -0.4 is 5.32 Å². The summed E-state index contributed by atoms with van der Waals surface area (Å²) in [4.78, 5) is 27.9. The maximum Gasteiger partial charge on any atom is 0.243 e. The summed E-state index contributed by atoms with van der Waals surface area (Å²) in [6.45, 7) is 3.07. The molecule has 6 heteroatoms. The molecule has 0 spiro atoms. The molecule has 0 aliphatic carbocycles. The van der Waals surface area contributed by atoms with Crippen molar-refractivity contribution in [3.8, 4) is 0 Å². The van der Waals surface area contributed by atoms with Gasteiger partial charge in [0, 0.05) is 23.0 Å². The van der Waals surface area contributed by atoms with E-state index in [0.29, 0.717) is 24.5 Å². The Balaban J connectivity index is 1.60. The standard InChI is InChI=1S/C19H21ClN2O2S/c1-13-6-7-15(20)10-14(13)12-21-19(24)17-5-2-8-22(17)18(23)11-16-4-3-9-25-16/h3-4,6-7,9-10,17H,2,5,8,11-12H2,1H3,(H,21,24)/t17-/m0/s1. The van der Waals surface area contributed by atoms with Gasteiger partial charge in [0.25, 0.3) is 0 Å². The summed E-state index contributed by atoms with van der Waals surface area (Å²) in [6.07, 6.45) is 1.95. The molecule has 25 heavy (non-hydrogen) atoms. The summed E-state index contributed by atoms with van der Waals surface area (Å²) in [7, 11) is 0. The molecule has 4 nitrogen and oxygen atoms in total. The highest BCUT2D eigenvalue weighted by molar-refractivity contribution is 7.10. The lowest BCUT2D eigenvalue weighted by Crippen LogP contribution is -2.46. The molecule has 1 aliphatic heterocycles. The Bertz CT molecular complexity index is 761. The van der Waals surface area contributed by atoms with Gasteiger partial charge in [-0.15, -0.1) is 11.3 Å². The molecule has 1 saturated heterocycles. The van der Waals surface area contributed by atoms with Crippen molar-refractivity contribution < 1.29 is 9.59 Å². The third-order valence-electron chi connectivity index (χ3n) is 4.55. The first kappa shape index (κ1) is 18.0. The first-order chi connectivity index (χ1) is 12.0. The molecule has 3 rings (SSSR count). The number of carbonyl (C=O) groups excluding carboxylic acids is 2. The molecule has 1 atom stereocenters. The zero-order valence-electron chi connectivity index (χ0n) is 14.1. The van der Waals surface area contributed by atoms with Gasteiger partial charge < -0.3 is 10.2 Å². The van der Waals surface area contributed by atoms with Crippen LogP contribution in [0.1, 0.15) is 28.8 Å². The van der Waals surface area contributed by atoms with E-state index < -0.39 is 0 Å². The fraction of sp³-hybridized carbons (Fsp3) is 0.368. The van der Waals surface area contributed by atoms with E-state index in [4.69, 9.17) is 11.6 Å². The average molecular weight is 377 g/mol. The quantitative estimate of drug-likeness (QED) is 0.867. The average Bonchev–Trinajstić information content (AvgIpc) is 3.26. The van der Waals surface area contributed by atoms with Gasteiger partial charge in [-0.25, -0.2) is 0 Å². The zero-order valence-corrected chi connectivity index (χ0v) is 15.7. The normalized spacial score (nSPS) is 16.9. The van der Waals surface area contributed by atoms with Crippen LogP contribution in [0.2, 0.25) is 5.02 Å². The Labute approximate surface area is 156 Å². The number of nitrogens with one attached hydrogen (secondary N) is 1. The SMILES string of the molecule is Cc1ccc(Cl)cc1CNC(=O)[C@@H]1CCCN1C(=O)Cc1cccs1. The number of rotatable bonds is 5. The van der Waals surface area contributed by atoms with Crippen LogP contribution in [0.3, 0.4) is 0 Å².